The van der Waals surface area contributed by atoms with E-state index in [2.05, 4.69) is 55.6 Å². The van der Waals surface area contributed by atoms with Crippen LogP contribution in [-0.4, -0.2) is 0 Å². The van der Waals surface area contributed by atoms with Crippen molar-refractivity contribution in [2.24, 2.45) is 0 Å². The molecule has 1 aliphatic rings. The smallest absolute Gasteiger partial charge is 0.00268 e. The minimum Gasteiger partial charge on any atom is -0.0984 e. The molecule has 0 saturated carbocycles. The Morgan fingerprint density at radius 2 is 1.50 bits per heavy atom. The van der Waals surface area contributed by atoms with E-state index in [0.717, 1.165) is 5.57 Å². The molecule has 0 nitrogen and oxygen atoms in total. The molecule has 0 N–H and O–H groups in total. The van der Waals surface area contributed by atoms with Gasteiger partial charge in [0.1, 0.15) is 0 Å². The fraction of sp³-hybridized carbons (Fsp3) is 0. The van der Waals surface area contributed by atoms with Gasteiger partial charge in [0.15, 0.2) is 0 Å². The molecular formula is C16H12. The first-order valence-electron chi connectivity index (χ1n) is 5.37. The molecule has 16 heavy (non-hydrogen) atoms. The lowest BCUT2D eigenvalue weighted by molar-refractivity contribution is 1.61. The number of hydrogen-bond donors (Lipinski definition) is 0. The van der Waals surface area contributed by atoms with Crippen molar-refractivity contribution in [2.45, 2.75) is 0 Å². The molecule has 0 fully saturated rings. The second-order valence-electron chi connectivity index (χ2n) is 4.00. The fourth-order valence-electron chi connectivity index (χ4n) is 2.40. The number of hydrogen-bond acceptors (Lipinski definition) is 0. The summed E-state index contributed by atoms with van der Waals surface area (Å²) in [4.78, 5) is 0. The van der Waals surface area contributed by atoms with E-state index in [1.807, 2.05) is 6.08 Å². The summed E-state index contributed by atoms with van der Waals surface area (Å²) in [6, 6.07) is 14.7. The summed E-state index contributed by atoms with van der Waals surface area (Å²) in [5, 5.41) is 0. The Bertz CT molecular complexity index is 603. The van der Waals surface area contributed by atoms with E-state index >= 15 is 0 Å². The molecule has 1 aliphatic carbocycles. The summed E-state index contributed by atoms with van der Waals surface area (Å²) in [6.07, 6.45) is 1.91. The highest BCUT2D eigenvalue weighted by atomic mass is 14.3. The van der Waals surface area contributed by atoms with Gasteiger partial charge >= 0.3 is 0 Å². The highest BCUT2D eigenvalue weighted by Crippen LogP contribution is 2.44. The maximum atomic E-state index is 4.18. The highest BCUT2D eigenvalue weighted by molar-refractivity contribution is 6.02. The largest absolute Gasteiger partial charge is 0.0984 e. The molecule has 0 aliphatic heterocycles. The minimum atomic E-state index is 1.12. The van der Waals surface area contributed by atoms with Crippen molar-refractivity contribution in [1.29, 1.82) is 0 Å². The maximum Gasteiger partial charge on any atom is -0.00268 e. The molecule has 0 heteroatoms. The van der Waals surface area contributed by atoms with Crippen LogP contribution in [0.2, 0.25) is 0 Å². The quantitative estimate of drug-likeness (QED) is 0.552. The van der Waals surface area contributed by atoms with Crippen molar-refractivity contribution in [1.82, 2.24) is 0 Å². The zero-order valence-electron chi connectivity index (χ0n) is 9.03. The van der Waals surface area contributed by atoms with Gasteiger partial charge in [-0.1, -0.05) is 61.7 Å². The van der Waals surface area contributed by atoms with Crippen LogP contribution in [0.25, 0.3) is 22.8 Å². The van der Waals surface area contributed by atoms with Gasteiger partial charge in [0.25, 0.3) is 0 Å². The molecule has 0 heterocycles. The summed E-state index contributed by atoms with van der Waals surface area (Å²) < 4.78 is 0. The molecule has 0 radical (unpaired) electrons. The van der Waals surface area contributed by atoms with Gasteiger partial charge in [-0.2, -0.15) is 0 Å². The van der Waals surface area contributed by atoms with Crippen molar-refractivity contribution < 1.29 is 0 Å². The predicted octanol–water partition coefficient (Wildman–Crippen LogP) is 4.37. The molecule has 2 aromatic carbocycles. The summed E-state index contributed by atoms with van der Waals surface area (Å²) in [7, 11) is 0. The van der Waals surface area contributed by atoms with E-state index in [1.54, 1.807) is 0 Å². The highest BCUT2D eigenvalue weighted by Gasteiger charge is 2.22. The number of rotatable bonds is 1. The monoisotopic (exact) mass is 204 g/mol. The van der Waals surface area contributed by atoms with Crippen LogP contribution >= 0.6 is 0 Å². The lowest BCUT2D eigenvalue weighted by Crippen LogP contribution is -1.82. The first kappa shape index (κ1) is 9.17. The van der Waals surface area contributed by atoms with Crippen LogP contribution in [0.3, 0.4) is 0 Å². The fourth-order valence-corrected chi connectivity index (χ4v) is 2.40. The normalized spacial score (nSPS) is 12.1. The zero-order chi connectivity index (χ0) is 11.1. The second kappa shape index (κ2) is 3.21. The Balaban J connectivity index is 2.44. The van der Waals surface area contributed by atoms with Gasteiger partial charge in [-0.25, -0.2) is 0 Å². The molecule has 0 saturated heterocycles. The molecule has 0 amide bonds. The molecule has 0 aromatic heterocycles. The molecule has 0 spiro atoms. The molecule has 0 unspecified atom stereocenters. The van der Waals surface area contributed by atoms with Crippen molar-refractivity contribution in [3.63, 3.8) is 0 Å². The molecule has 0 atom stereocenters. The summed E-state index contributed by atoms with van der Waals surface area (Å²) in [6.45, 7) is 8.05. The van der Waals surface area contributed by atoms with Crippen LogP contribution in [0.5, 0.6) is 0 Å². The summed E-state index contributed by atoms with van der Waals surface area (Å²) >= 11 is 0. The lowest BCUT2D eigenvalue weighted by atomic mass is 9.99. The van der Waals surface area contributed by atoms with Crippen LogP contribution in [0.1, 0.15) is 16.7 Å². The van der Waals surface area contributed by atoms with Gasteiger partial charge in [-0.15, -0.1) is 0 Å². The lowest BCUT2D eigenvalue weighted by Gasteiger charge is -2.04. The Kier molecular flexibility index (Phi) is 1.84. The van der Waals surface area contributed by atoms with Crippen molar-refractivity contribution in [3.05, 3.63) is 72.3 Å². The Morgan fingerprint density at radius 1 is 0.812 bits per heavy atom. The van der Waals surface area contributed by atoms with Crippen LogP contribution < -0.4 is 0 Å². The Morgan fingerprint density at radius 3 is 2.25 bits per heavy atom. The summed E-state index contributed by atoms with van der Waals surface area (Å²) in [5.41, 5.74) is 7.33. The van der Waals surface area contributed by atoms with E-state index in [9.17, 15) is 0 Å². The second-order valence-corrected chi connectivity index (χ2v) is 4.00. The number of benzene rings is 2. The van der Waals surface area contributed by atoms with Gasteiger partial charge in [0, 0.05) is 0 Å². The van der Waals surface area contributed by atoms with Crippen LogP contribution in [0, 0.1) is 0 Å². The topological polar surface area (TPSA) is 0 Å². The Labute approximate surface area is 95.6 Å². The molecule has 76 valence electrons. The third-order valence-corrected chi connectivity index (χ3v) is 3.16. The number of fused-ring (bicyclic) bond motifs is 3. The van der Waals surface area contributed by atoms with Crippen LogP contribution in [0.15, 0.2) is 55.6 Å². The average molecular weight is 204 g/mol. The van der Waals surface area contributed by atoms with Crippen LogP contribution in [0.4, 0.5) is 0 Å². The third-order valence-electron chi connectivity index (χ3n) is 3.16. The van der Waals surface area contributed by atoms with E-state index in [4.69, 9.17) is 0 Å². The van der Waals surface area contributed by atoms with Gasteiger partial charge < -0.3 is 0 Å². The van der Waals surface area contributed by atoms with E-state index in [1.165, 1.54) is 27.8 Å². The van der Waals surface area contributed by atoms with Crippen molar-refractivity contribution in [3.8, 4) is 11.1 Å². The maximum absolute atomic E-state index is 4.18. The van der Waals surface area contributed by atoms with E-state index < -0.39 is 0 Å². The average Bonchev–Trinajstić information content (AvgIpc) is 2.64. The van der Waals surface area contributed by atoms with Gasteiger partial charge in [-0.05, 0) is 33.4 Å². The standard InChI is InChI=1S/C16H12/c1-3-12-7-6-10-14-11(2)13-8-4-5-9-15(13)16(12)14/h3-10H,1-2H2. The Hall–Kier alpha value is -2.08. The molecular weight excluding hydrogens is 192 g/mol. The van der Waals surface area contributed by atoms with Crippen molar-refractivity contribution >= 4 is 11.6 Å². The first-order valence-corrected chi connectivity index (χ1v) is 5.37. The zero-order valence-corrected chi connectivity index (χ0v) is 9.03. The third kappa shape index (κ3) is 1.04. The van der Waals surface area contributed by atoms with Gasteiger partial charge in [0.05, 0.1) is 0 Å². The minimum absolute atomic E-state index is 1.12. The predicted molar refractivity (Wildman–Crippen MR) is 70.1 cm³/mol. The SMILES string of the molecule is C=Cc1cccc2c1-c1ccccc1C2=C. The van der Waals surface area contributed by atoms with Crippen LogP contribution in [-0.2, 0) is 0 Å². The van der Waals surface area contributed by atoms with E-state index in [-0.39, 0.29) is 0 Å². The first-order chi connectivity index (χ1) is 7.83. The summed E-state index contributed by atoms with van der Waals surface area (Å²) in [5.74, 6) is 0. The van der Waals surface area contributed by atoms with E-state index in [0.29, 0.717) is 0 Å². The molecule has 3 rings (SSSR count). The van der Waals surface area contributed by atoms with Crippen molar-refractivity contribution in [2.75, 3.05) is 0 Å². The van der Waals surface area contributed by atoms with Gasteiger partial charge in [-0.3, -0.25) is 0 Å². The molecule has 0 bridgehead atoms. The van der Waals surface area contributed by atoms with Gasteiger partial charge in [0.2, 0.25) is 0 Å². The molecule has 2 aromatic rings.